The van der Waals surface area contributed by atoms with Crippen molar-refractivity contribution in [3.63, 3.8) is 0 Å². The fourth-order valence-electron chi connectivity index (χ4n) is 3.03. The van der Waals surface area contributed by atoms with Gasteiger partial charge < -0.3 is 14.6 Å². The third kappa shape index (κ3) is 6.54. The predicted octanol–water partition coefficient (Wildman–Crippen LogP) is 6.31. The van der Waals surface area contributed by atoms with E-state index in [1.54, 1.807) is 18.2 Å². The number of aromatic nitrogens is 3. The minimum atomic E-state index is -0.196. The van der Waals surface area contributed by atoms with Crippen LogP contribution in [0.15, 0.2) is 41.6 Å². The van der Waals surface area contributed by atoms with E-state index in [0.29, 0.717) is 39.1 Å². The SMILES string of the molecule is CCn1c(CCCOc2ccc(Cl)cc2C)nnc1SCC(=O)Nc1cccc(Cl)c1Cl. The van der Waals surface area contributed by atoms with Crippen molar-refractivity contribution in [2.24, 2.45) is 0 Å². The van der Waals surface area contributed by atoms with Gasteiger partial charge in [0, 0.05) is 18.0 Å². The van der Waals surface area contributed by atoms with E-state index in [-0.39, 0.29) is 11.7 Å². The Labute approximate surface area is 206 Å². The van der Waals surface area contributed by atoms with Crippen LogP contribution < -0.4 is 10.1 Å². The first kappa shape index (κ1) is 24.7. The Bertz CT molecular complexity index is 1090. The summed E-state index contributed by atoms with van der Waals surface area (Å²) in [4.78, 5) is 12.3. The number of hydrogen-bond acceptors (Lipinski definition) is 5. The molecule has 3 rings (SSSR count). The lowest BCUT2D eigenvalue weighted by atomic mass is 10.2. The lowest BCUT2D eigenvalue weighted by molar-refractivity contribution is -0.113. The summed E-state index contributed by atoms with van der Waals surface area (Å²) in [5.41, 5.74) is 1.49. The van der Waals surface area contributed by atoms with Crippen molar-refractivity contribution < 1.29 is 9.53 Å². The highest BCUT2D eigenvalue weighted by molar-refractivity contribution is 7.99. The Hall–Kier alpha value is -1.93. The molecule has 0 spiro atoms. The molecule has 10 heteroatoms. The van der Waals surface area contributed by atoms with Crippen LogP contribution in [0.5, 0.6) is 5.75 Å². The summed E-state index contributed by atoms with van der Waals surface area (Å²) in [6.07, 6.45) is 1.51. The van der Waals surface area contributed by atoms with Crippen molar-refractivity contribution in [1.82, 2.24) is 14.8 Å². The molecule has 0 atom stereocenters. The van der Waals surface area contributed by atoms with Gasteiger partial charge in [-0.15, -0.1) is 10.2 Å². The van der Waals surface area contributed by atoms with E-state index in [1.807, 2.05) is 36.6 Å². The lowest BCUT2D eigenvalue weighted by Crippen LogP contribution is -2.15. The summed E-state index contributed by atoms with van der Waals surface area (Å²) in [6.45, 7) is 5.26. The Morgan fingerprint density at radius 2 is 2.00 bits per heavy atom. The number of anilines is 1. The molecule has 6 nitrogen and oxygen atoms in total. The molecule has 0 fully saturated rings. The fraction of sp³-hybridized carbons (Fsp3) is 0.318. The predicted molar refractivity (Wildman–Crippen MR) is 132 cm³/mol. The average molecular weight is 514 g/mol. The summed E-state index contributed by atoms with van der Waals surface area (Å²) >= 11 is 19.4. The van der Waals surface area contributed by atoms with E-state index in [9.17, 15) is 4.79 Å². The molecule has 0 aliphatic carbocycles. The zero-order chi connectivity index (χ0) is 23.1. The van der Waals surface area contributed by atoms with Crippen molar-refractivity contribution in [2.45, 2.75) is 38.4 Å². The third-order valence-corrected chi connectivity index (χ3v) is 6.63. The summed E-state index contributed by atoms with van der Waals surface area (Å²) in [7, 11) is 0. The standard InChI is InChI=1S/C22H23Cl3N4O2S/c1-3-29-19(8-5-11-31-18-10-9-15(23)12-14(18)2)27-28-22(29)32-13-20(30)26-17-7-4-6-16(24)21(17)25/h4,6-7,9-10,12H,3,5,8,11,13H2,1-2H3,(H,26,30). The summed E-state index contributed by atoms with van der Waals surface area (Å²) in [6, 6.07) is 10.7. The van der Waals surface area contributed by atoms with Gasteiger partial charge in [-0.05, 0) is 56.2 Å². The normalized spacial score (nSPS) is 10.9. The molecule has 1 heterocycles. The Kier molecular flexibility index (Phi) is 9.11. The Balaban J connectivity index is 1.50. The number of rotatable bonds is 10. The second kappa shape index (κ2) is 11.8. The monoisotopic (exact) mass is 512 g/mol. The van der Waals surface area contributed by atoms with Gasteiger partial charge in [-0.1, -0.05) is 52.6 Å². The Morgan fingerprint density at radius 1 is 1.19 bits per heavy atom. The topological polar surface area (TPSA) is 69.0 Å². The van der Waals surface area contributed by atoms with Gasteiger partial charge in [0.15, 0.2) is 5.16 Å². The maximum atomic E-state index is 12.3. The Morgan fingerprint density at radius 3 is 2.75 bits per heavy atom. The molecule has 0 bridgehead atoms. The molecule has 0 aliphatic heterocycles. The molecule has 0 saturated carbocycles. The molecule has 0 aliphatic rings. The van der Waals surface area contributed by atoms with Gasteiger partial charge in [-0.2, -0.15) is 0 Å². The zero-order valence-electron chi connectivity index (χ0n) is 17.7. The van der Waals surface area contributed by atoms with Gasteiger partial charge in [0.1, 0.15) is 11.6 Å². The molecule has 170 valence electrons. The van der Waals surface area contributed by atoms with E-state index in [2.05, 4.69) is 15.5 Å². The zero-order valence-corrected chi connectivity index (χ0v) is 20.8. The summed E-state index contributed by atoms with van der Waals surface area (Å²) in [5.74, 6) is 1.68. The smallest absolute Gasteiger partial charge is 0.234 e. The number of halogens is 3. The summed E-state index contributed by atoms with van der Waals surface area (Å²) in [5, 5.41) is 13.4. The van der Waals surface area contributed by atoms with Crippen LogP contribution in [-0.4, -0.2) is 33.0 Å². The molecular weight excluding hydrogens is 491 g/mol. The number of thioether (sulfide) groups is 1. The first-order chi connectivity index (χ1) is 15.4. The quantitative estimate of drug-likeness (QED) is 0.254. The number of nitrogens with zero attached hydrogens (tertiary/aromatic N) is 3. The van der Waals surface area contributed by atoms with Gasteiger partial charge in [0.2, 0.25) is 5.91 Å². The molecule has 0 saturated heterocycles. The van der Waals surface area contributed by atoms with E-state index in [1.165, 1.54) is 11.8 Å². The van der Waals surface area contributed by atoms with Gasteiger partial charge >= 0.3 is 0 Å². The molecule has 1 aromatic heterocycles. The van der Waals surface area contributed by atoms with E-state index >= 15 is 0 Å². The molecular formula is C22H23Cl3N4O2S. The minimum Gasteiger partial charge on any atom is -0.493 e. The van der Waals surface area contributed by atoms with Crippen molar-refractivity contribution in [2.75, 3.05) is 17.7 Å². The number of hydrogen-bond donors (Lipinski definition) is 1. The van der Waals surface area contributed by atoms with Crippen molar-refractivity contribution >= 4 is 58.2 Å². The molecule has 3 aromatic rings. The molecule has 0 radical (unpaired) electrons. The van der Waals surface area contributed by atoms with Crippen LogP contribution in [0, 0.1) is 6.92 Å². The van der Waals surface area contributed by atoms with E-state index in [4.69, 9.17) is 39.5 Å². The second-order valence-electron chi connectivity index (χ2n) is 6.94. The number of ether oxygens (including phenoxy) is 1. The molecule has 32 heavy (non-hydrogen) atoms. The van der Waals surface area contributed by atoms with Crippen LogP contribution in [0.4, 0.5) is 5.69 Å². The van der Waals surface area contributed by atoms with Gasteiger partial charge in [0.25, 0.3) is 0 Å². The van der Waals surface area contributed by atoms with Crippen LogP contribution in [0.2, 0.25) is 15.1 Å². The number of amides is 1. The van der Waals surface area contributed by atoms with Crippen molar-refractivity contribution in [3.05, 3.63) is 62.9 Å². The van der Waals surface area contributed by atoms with Crippen LogP contribution in [0.1, 0.15) is 24.7 Å². The minimum absolute atomic E-state index is 0.180. The highest BCUT2D eigenvalue weighted by Crippen LogP contribution is 2.30. The lowest BCUT2D eigenvalue weighted by Gasteiger charge is -2.10. The highest BCUT2D eigenvalue weighted by Gasteiger charge is 2.14. The largest absolute Gasteiger partial charge is 0.493 e. The number of aryl methyl sites for hydroxylation is 2. The average Bonchev–Trinajstić information content (AvgIpc) is 3.16. The van der Waals surface area contributed by atoms with E-state index in [0.717, 1.165) is 30.0 Å². The van der Waals surface area contributed by atoms with Crippen molar-refractivity contribution in [3.8, 4) is 5.75 Å². The number of carbonyl (C=O) groups is 1. The van der Waals surface area contributed by atoms with Gasteiger partial charge in [-0.3, -0.25) is 4.79 Å². The second-order valence-corrected chi connectivity index (χ2v) is 9.11. The first-order valence-electron chi connectivity index (χ1n) is 10.1. The third-order valence-electron chi connectivity index (χ3n) is 4.61. The summed E-state index contributed by atoms with van der Waals surface area (Å²) < 4.78 is 7.86. The van der Waals surface area contributed by atoms with Crippen LogP contribution in [0.25, 0.3) is 0 Å². The fourth-order valence-corrected chi connectivity index (χ4v) is 4.43. The van der Waals surface area contributed by atoms with Gasteiger partial charge in [-0.25, -0.2) is 0 Å². The number of nitrogens with one attached hydrogen (secondary N) is 1. The molecule has 1 amide bonds. The van der Waals surface area contributed by atoms with Crippen molar-refractivity contribution in [1.29, 1.82) is 0 Å². The number of carbonyl (C=O) groups excluding carboxylic acids is 1. The maximum Gasteiger partial charge on any atom is 0.234 e. The maximum absolute atomic E-state index is 12.3. The highest BCUT2D eigenvalue weighted by atomic mass is 35.5. The first-order valence-corrected chi connectivity index (χ1v) is 12.2. The van der Waals surface area contributed by atoms with E-state index < -0.39 is 0 Å². The molecule has 2 aromatic carbocycles. The van der Waals surface area contributed by atoms with Crippen LogP contribution in [-0.2, 0) is 17.8 Å². The van der Waals surface area contributed by atoms with Crippen LogP contribution >= 0.6 is 46.6 Å². The molecule has 0 unspecified atom stereocenters. The molecule has 1 N–H and O–H groups in total. The van der Waals surface area contributed by atoms with Crippen LogP contribution in [0.3, 0.4) is 0 Å². The number of benzene rings is 2. The van der Waals surface area contributed by atoms with Gasteiger partial charge in [0.05, 0.1) is 28.1 Å².